The molecule has 2 atom stereocenters. The van der Waals surface area contributed by atoms with Gasteiger partial charge in [0.25, 0.3) is 0 Å². The van der Waals surface area contributed by atoms with Gasteiger partial charge in [0.1, 0.15) is 35.2 Å². The molecule has 0 bridgehead atoms. The van der Waals surface area contributed by atoms with Gasteiger partial charge in [-0.3, -0.25) is 9.59 Å². The number of unbranched alkanes of at least 4 members (excludes halogenated alkanes) is 2. The van der Waals surface area contributed by atoms with Gasteiger partial charge >= 0.3 is 71.1 Å². The smallest absolute Gasteiger partial charge is 0.550 e. The standard InChI is InChI=1S/C37H58N2O11.C7H5N3S.2Na/c1-4-6-8-10-12-30(36(42)43)27-34(40)49-24-22-47-19-17-39(32-14-15-33(38)29(3)26-32)16-18-46-20-21-48-23-25-50-35(41)28-31(37(44)45)13-11-9-7-5-2;1-4-5(2-8)7(10)11-6(4)3-9;;/h8-11,14-15,26,30-31H,4-7,12-13,16-25,27-28,38H2,1-3H3,(H,42,43)(H,44,45);10H2,1H3;;/q;;2*+1/p-2/b10-8+,11-9+;;;. The minimum absolute atomic E-state index is 0. The number of carboxylic acid groups (broad SMARTS) is 2. The van der Waals surface area contributed by atoms with Crippen molar-refractivity contribution in [2.45, 2.75) is 79.1 Å². The fourth-order valence-electron chi connectivity index (χ4n) is 5.35. The zero-order valence-corrected chi connectivity index (χ0v) is 42.6. The van der Waals surface area contributed by atoms with Crippen LogP contribution in [0.2, 0.25) is 0 Å². The van der Waals surface area contributed by atoms with Crippen molar-refractivity contribution in [2.24, 2.45) is 11.8 Å². The molecule has 0 radical (unpaired) electrons. The van der Waals surface area contributed by atoms with Gasteiger partial charge < -0.3 is 59.9 Å². The number of ether oxygens (including phenoxy) is 5. The molecule has 1 aromatic carbocycles. The first-order valence-corrected chi connectivity index (χ1v) is 21.2. The van der Waals surface area contributed by atoms with Crippen molar-refractivity contribution in [1.82, 2.24) is 0 Å². The van der Waals surface area contributed by atoms with Crippen molar-refractivity contribution in [3.8, 4) is 12.1 Å². The van der Waals surface area contributed by atoms with Crippen LogP contribution >= 0.6 is 11.3 Å². The maximum absolute atomic E-state index is 12.1. The van der Waals surface area contributed by atoms with Crippen molar-refractivity contribution in [1.29, 1.82) is 10.5 Å². The number of allylic oxidation sites excluding steroid dienone is 4. The number of nitriles is 2. The second kappa shape index (κ2) is 37.9. The third-order valence-electron chi connectivity index (χ3n) is 8.95. The van der Waals surface area contributed by atoms with E-state index < -0.39 is 35.7 Å². The number of thiophene rings is 1. The molecule has 1 aromatic heterocycles. The molecule has 0 aliphatic carbocycles. The van der Waals surface area contributed by atoms with E-state index in [2.05, 4.69) is 4.90 Å². The third-order valence-corrected chi connectivity index (χ3v) is 9.97. The van der Waals surface area contributed by atoms with Gasteiger partial charge in [-0.05, 0) is 68.9 Å². The molecule has 0 aliphatic rings. The first kappa shape index (κ1) is 61.6. The number of benzene rings is 1. The molecule has 336 valence electrons. The second-order valence-electron chi connectivity index (χ2n) is 13.8. The summed E-state index contributed by atoms with van der Waals surface area (Å²) in [6.07, 6.45) is 10.8. The summed E-state index contributed by atoms with van der Waals surface area (Å²) in [5, 5.41) is 40.2. The average Bonchev–Trinajstić information content (AvgIpc) is 3.52. The fourth-order valence-corrected chi connectivity index (χ4v) is 6.17. The molecule has 16 nitrogen and oxygen atoms in total. The first-order valence-electron chi connectivity index (χ1n) is 20.4. The van der Waals surface area contributed by atoms with Crippen LogP contribution in [-0.4, -0.2) is 89.8 Å². The zero-order valence-electron chi connectivity index (χ0n) is 37.8. The monoisotopic (exact) mass is 913 g/mol. The number of hydrogen-bond acceptors (Lipinski definition) is 17. The van der Waals surface area contributed by atoms with Gasteiger partial charge in [0.15, 0.2) is 0 Å². The van der Waals surface area contributed by atoms with Crippen LogP contribution in [0.1, 0.15) is 86.8 Å². The van der Waals surface area contributed by atoms with E-state index in [-0.39, 0.29) is 118 Å². The summed E-state index contributed by atoms with van der Waals surface area (Å²) in [5.74, 6) is -5.64. The molecule has 19 heteroatoms. The number of aryl methyl sites for hydroxylation is 1. The summed E-state index contributed by atoms with van der Waals surface area (Å²) in [6.45, 7) is 10.4. The number of rotatable bonds is 30. The van der Waals surface area contributed by atoms with E-state index >= 15 is 0 Å². The van der Waals surface area contributed by atoms with E-state index in [9.17, 15) is 29.4 Å². The molecule has 2 aromatic rings. The Balaban J connectivity index is 0. The molecule has 0 fully saturated rings. The van der Waals surface area contributed by atoms with Crippen LogP contribution in [-0.2, 0) is 42.9 Å². The second-order valence-corrected chi connectivity index (χ2v) is 14.8. The molecule has 2 rings (SSSR count). The minimum Gasteiger partial charge on any atom is -0.550 e. The predicted octanol–water partition coefficient (Wildman–Crippen LogP) is -2.08. The van der Waals surface area contributed by atoms with E-state index in [1.807, 2.05) is 63.3 Å². The topological polar surface area (TPSA) is 263 Å². The molecule has 0 saturated heterocycles. The Hall–Kier alpha value is -3.46. The zero-order chi connectivity index (χ0) is 45.4. The minimum atomic E-state index is -1.28. The number of nitrogens with zero attached hydrogens (tertiary/aromatic N) is 3. The summed E-state index contributed by atoms with van der Waals surface area (Å²) in [6, 6.07) is 9.66. The predicted molar refractivity (Wildman–Crippen MR) is 229 cm³/mol. The number of carboxylic acids is 2. The van der Waals surface area contributed by atoms with Crippen molar-refractivity contribution < 1.29 is 112 Å². The van der Waals surface area contributed by atoms with Crippen molar-refractivity contribution in [3.05, 3.63) is 64.1 Å². The van der Waals surface area contributed by atoms with Crippen molar-refractivity contribution >= 4 is 51.6 Å². The summed E-state index contributed by atoms with van der Waals surface area (Å²) in [7, 11) is 0. The van der Waals surface area contributed by atoms with Crippen LogP contribution in [0.4, 0.5) is 16.4 Å². The van der Waals surface area contributed by atoms with Crippen molar-refractivity contribution in [3.63, 3.8) is 0 Å². The maximum Gasteiger partial charge on any atom is 1.00 e. The molecule has 2 unspecified atom stereocenters. The molecular weight excluding hydrogens is 853 g/mol. The van der Waals surface area contributed by atoms with Crippen LogP contribution in [0, 0.1) is 48.3 Å². The molecule has 4 N–H and O–H groups in total. The largest absolute Gasteiger partial charge is 1.00 e. The number of hydrogen-bond donors (Lipinski definition) is 2. The first-order chi connectivity index (χ1) is 29.3. The number of esters is 2. The van der Waals surface area contributed by atoms with Gasteiger partial charge in [-0.2, -0.15) is 10.5 Å². The number of anilines is 3. The van der Waals surface area contributed by atoms with Crippen LogP contribution < -0.4 is 85.7 Å². The van der Waals surface area contributed by atoms with E-state index in [0.717, 1.165) is 48.3 Å². The van der Waals surface area contributed by atoms with Crippen molar-refractivity contribution in [2.75, 3.05) is 82.3 Å². The summed E-state index contributed by atoms with van der Waals surface area (Å²) >= 11 is 1.16. The molecule has 1 heterocycles. The number of nitrogens with two attached hydrogens (primary N) is 2. The number of nitrogen functional groups attached to an aromatic ring is 2. The van der Waals surface area contributed by atoms with Gasteiger partial charge in [-0.15, -0.1) is 11.3 Å². The van der Waals surface area contributed by atoms with Crippen LogP contribution in [0.3, 0.4) is 0 Å². The Morgan fingerprint density at radius 3 is 1.57 bits per heavy atom. The Kier molecular flexibility index (Phi) is 37.0. The molecule has 0 spiro atoms. The van der Waals surface area contributed by atoms with Crippen LogP contribution in [0.15, 0.2) is 42.5 Å². The van der Waals surface area contributed by atoms with Gasteiger partial charge in [-0.25, -0.2) is 0 Å². The maximum atomic E-state index is 12.1. The van der Waals surface area contributed by atoms with Gasteiger partial charge in [0.05, 0.1) is 58.0 Å². The Morgan fingerprint density at radius 2 is 1.19 bits per heavy atom. The Bertz CT molecular complexity index is 1800. The van der Waals surface area contributed by atoms with Crippen LogP contribution in [0.25, 0.3) is 0 Å². The summed E-state index contributed by atoms with van der Waals surface area (Å²) in [4.78, 5) is 49.4. The molecular formula is C44H61N5Na2O11S. The van der Waals surface area contributed by atoms with E-state index in [0.29, 0.717) is 59.6 Å². The van der Waals surface area contributed by atoms with Gasteiger partial charge in [0.2, 0.25) is 0 Å². The van der Waals surface area contributed by atoms with E-state index in [1.165, 1.54) is 0 Å². The summed E-state index contributed by atoms with van der Waals surface area (Å²) < 4.78 is 27.1. The fraction of sp³-hybridized carbons (Fsp3) is 0.545. The molecule has 0 saturated carbocycles. The molecule has 0 amide bonds. The van der Waals surface area contributed by atoms with Crippen LogP contribution in [0.5, 0.6) is 0 Å². The van der Waals surface area contributed by atoms with E-state index in [4.69, 9.17) is 45.7 Å². The SMILES string of the molecule is CCC/C=C/CC(CC(=O)OCCOCCOCCN(CCOCCOC(=O)CC(C/C=C/CCC)C(=O)[O-])c1ccc(N)c(C)c1)C(=O)[O-].Cc1c(C#N)sc(N)c1C#N.[Na+].[Na+]. The number of aliphatic carboxylic acids is 2. The van der Waals surface area contributed by atoms with Gasteiger partial charge in [-0.1, -0.05) is 51.0 Å². The van der Waals surface area contributed by atoms with Gasteiger partial charge in [0, 0.05) is 48.2 Å². The number of carbonyl (C=O) groups excluding carboxylic acids is 4. The molecule has 63 heavy (non-hydrogen) atoms. The average molecular weight is 914 g/mol. The Morgan fingerprint density at radius 1 is 0.730 bits per heavy atom. The summed E-state index contributed by atoms with van der Waals surface area (Å²) in [5.41, 5.74) is 15.2. The quantitative estimate of drug-likeness (QED) is 0.0280. The Labute approximate surface area is 420 Å². The number of carbonyl (C=O) groups is 4. The van der Waals surface area contributed by atoms with E-state index in [1.54, 1.807) is 19.1 Å². The normalized spacial score (nSPS) is 11.5. The third kappa shape index (κ3) is 27.5. The molecule has 0 aliphatic heterocycles.